The first kappa shape index (κ1) is 20.1. The lowest BCUT2D eigenvalue weighted by Gasteiger charge is -2.34. The molecule has 7 heteroatoms. The van der Waals surface area contributed by atoms with Crippen LogP contribution in [-0.4, -0.2) is 51.3 Å². The summed E-state index contributed by atoms with van der Waals surface area (Å²) in [5.74, 6) is 0. The summed E-state index contributed by atoms with van der Waals surface area (Å²) in [7, 11) is 0. The van der Waals surface area contributed by atoms with Crippen LogP contribution >= 0.6 is 11.3 Å². The van der Waals surface area contributed by atoms with E-state index >= 15 is 0 Å². The van der Waals surface area contributed by atoms with Gasteiger partial charge in [0.2, 0.25) is 0 Å². The second-order valence-electron chi connectivity index (χ2n) is 8.80. The molecule has 2 aliphatic rings. The molecule has 1 aliphatic carbocycles. The van der Waals surface area contributed by atoms with Crippen molar-refractivity contribution in [3.63, 3.8) is 0 Å². The summed E-state index contributed by atoms with van der Waals surface area (Å²) in [6, 6.07) is 13.0. The first-order valence-electron chi connectivity index (χ1n) is 11.2. The zero-order chi connectivity index (χ0) is 21.5. The van der Waals surface area contributed by atoms with Gasteiger partial charge in [0.25, 0.3) is 0 Å². The van der Waals surface area contributed by atoms with Gasteiger partial charge in [-0.15, -0.1) is 11.3 Å². The summed E-state index contributed by atoms with van der Waals surface area (Å²) < 4.78 is 5.44. The van der Waals surface area contributed by atoms with Crippen molar-refractivity contribution in [2.75, 3.05) is 26.3 Å². The molecule has 0 spiro atoms. The van der Waals surface area contributed by atoms with Gasteiger partial charge in [-0.1, -0.05) is 24.3 Å². The number of nitrogens with zero attached hydrogens (tertiary/aromatic N) is 3. The number of benzene rings is 1. The molecule has 0 bridgehead atoms. The molecule has 6 nitrogen and oxygen atoms in total. The third-order valence-electron chi connectivity index (χ3n) is 6.66. The molecule has 4 aromatic rings. The normalized spacial score (nSPS) is 18.7. The quantitative estimate of drug-likeness (QED) is 0.470. The van der Waals surface area contributed by atoms with E-state index in [9.17, 15) is 5.11 Å². The summed E-state index contributed by atoms with van der Waals surface area (Å²) in [5.41, 5.74) is 4.77. The number of nitrogens with one attached hydrogen (secondary N) is 1. The first-order valence-corrected chi connectivity index (χ1v) is 12.1. The fourth-order valence-corrected chi connectivity index (χ4v) is 5.64. The molecule has 1 aliphatic heterocycles. The summed E-state index contributed by atoms with van der Waals surface area (Å²) in [6.45, 7) is 4.60. The standard InChI is InChI=1S/C25H26N4O2S/c30-25(7-1-8-25)24-27-15-22(32-24)19-6-9-26-23-20(19)14-21(28-23)18-4-2-17(3-5-18)16-29-10-12-31-13-11-29/h2-6,9,14-15,30H,1,7-8,10-13,16H2,(H,26,28). The molecule has 0 amide bonds. The lowest BCUT2D eigenvalue weighted by atomic mass is 9.81. The Kier molecular flexibility index (Phi) is 5.07. The summed E-state index contributed by atoms with van der Waals surface area (Å²) in [6.07, 6.45) is 6.40. The Bertz CT molecular complexity index is 1240. The average molecular weight is 447 g/mol. The van der Waals surface area contributed by atoms with Crippen LogP contribution in [0.3, 0.4) is 0 Å². The van der Waals surface area contributed by atoms with Crippen LogP contribution in [0, 0.1) is 0 Å². The second kappa shape index (κ2) is 8.08. The molecule has 0 unspecified atom stereocenters. The maximum atomic E-state index is 10.7. The molecule has 32 heavy (non-hydrogen) atoms. The Balaban J connectivity index is 1.27. The topological polar surface area (TPSA) is 74.3 Å². The number of thiazole rings is 1. The first-order chi connectivity index (χ1) is 15.7. The molecule has 164 valence electrons. The SMILES string of the molecule is OC1(c2ncc(-c3ccnc4[nH]c(-c5ccc(CN6CCOCC6)cc5)cc34)s2)CCC1. The van der Waals surface area contributed by atoms with Crippen molar-refractivity contribution in [2.24, 2.45) is 0 Å². The monoisotopic (exact) mass is 446 g/mol. The molecule has 1 saturated carbocycles. The fraction of sp³-hybridized carbons (Fsp3) is 0.360. The van der Waals surface area contributed by atoms with Gasteiger partial charge in [-0.3, -0.25) is 4.90 Å². The average Bonchev–Trinajstić information content (AvgIpc) is 3.46. The van der Waals surface area contributed by atoms with Crippen LogP contribution in [0.1, 0.15) is 29.8 Å². The van der Waals surface area contributed by atoms with Crippen molar-refractivity contribution < 1.29 is 9.84 Å². The second-order valence-corrected chi connectivity index (χ2v) is 9.83. The van der Waals surface area contributed by atoms with Gasteiger partial charge in [-0.2, -0.15) is 0 Å². The van der Waals surface area contributed by atoms with Gasteiger partial charge in [0.1, 0.15) is 16.3 Å². The Morgan fingerprint density at radius 2 is 1.91 bits per heavy atom. The maximum absolute atomic E-state index is 10.7. The molecular weight excluding hydrogens is 420 g/mol. The van der Waals surface area contributed by atoms with E-state index < -0.39 is 5.60 Å². The Morgan fingerprint density at radius 1 is 1.09 bits per heavy atom. The van der Waals surface area contributed by atoms with Gasteiger partial charge >= 0.3 is 0 Å². The lowest BCUT2D eigenvalue weighted by molar-refractivity contribution is -0.0389. The molecule has 2 N–H and O–H groups in total. The van der Waals surface area contributed by atoms with Gasteiger partial charge in [0.05, 0.1) is 18.1 Å². The van der Waals surface area contributed by atoms with Gasteiger partial charge in [0.15, 0.2) is 0 Å². The van der Waals surface area contributed by atoms with E-state index in [1.165, 1.54) is 5.56 Å². The minimum absolute atomic E-state index is 0.721. The van der Waals surface area contributed by atoms with E-state index in [0.29, 0.717) is 0 Å². The number of aromatic nitrogens is 3. The van der Waals surface area contributed by atoms with E-state index in [1.807, 2.05) is 18.5 Å². The summed E-state index contributed by atoms with van der Waals surface area (Å²) in [5, 5.41) is 12.6. The fourth-order valence-electron chi connectivity index (χ4n) is 4.54. The highest BCUT2D eigenvalue weighted by atomic mass is 32.1. The smallest absolute Gasteiger partial charge is 0.138 e. The Morgan fingerprint density at radius 3 is 2.66 bits per heavy atom. The van der Waals surface area contributed by atoms with Crippen LogP contribution in [0.4, 0.5) is 0 Å². The zero-order valence-corrected chi connectivity index (χ0v) is 18.7. The van der Waals surface area contributed by atoms with Crippen molar-refractivity contribution in [3.8, 4) is 21.7 Å². The molecule has 1 aromatic carbocycles. The molecular formula is C25H26N4O2S. The van der Waals surface area contributed by atoms with Crippen molar-refractivity contribution in [2.45, 2.75) is 31.4 Å². The van der Waals surface area contributed by atoms with Crippen LogP contribution in [0.5, 0.6) is 0 Å². The summed E-state index contributed by atoms with van der Waals surface area (Å²) >= 11 is 1.59. The van der Waals surface area contributed by atoms with Crippen molar-refractivity contribution >= 4 is 22.4 Å². The van der Waals surface area contributed by atoms with E-state index in [0.717, 1.165) is 89.8 Å². The number of aliphatic hydroxyl groups is 1. The number of pyridine rings is 1. The number of hydrogen-bond donors (Lipinski definition) is 2. The molecule has 2 fully saturated rings. The largest absolute Gasteiger partial charge is 0.383 e. The molecule has 4 heterocycles. The van der Waals surface area contributed by atoms with Gasteiger partial charge in [0, 0.05) is 48.7 Å². The maximum Gasteiger partial charge on any atom is 0.138 e. The number of ether oxygens (including phenoxy) is 1. The predicted molar refractivity (Wildman–Crippen MR) is 126 cm³/mol. The molecule has 0 radical (unpaired) electrons. The van der Waals surface area contributed by atoms with Crippen LogP contribution < -0.4 is 0 Å². The molecule has 6 rings (SSSR count). The number of fused-ring (bicyclic) bond motifs is 1. The van der Waals surface area contributed by atoms with Gasteiger partial charge < -0.3 is 14.8 Å². The minimum Gasteiger partial charge on any atom is -0.383 e. The van der Waals surface area contributed by atoms with Crippen molar-refractivity contribution in [1.29, 1.82) is 0 Å². The third kappa shape index (κ3) is 3.65. The van der Waals surface area contributed by atoms with Crippen LogP contribution in [0.2, 0.25) is 0 Å². The van der Waals surface area contributed by atoms with Crippen LogP contribution in [-0.2, 0) is 16.9 Å². The highest BCUT2D eigenvalue weighted by Crippen LogP contribution is 2.44. The van der Waals surface area contributed by atoms with E-state index in [-0.39, 0.29) is 0 Å². The molecule has 3 aromatic heterocycles. The number of hydrogen-bond acceptors (Lipinski definition) is 6. The van der Waals surface area contributed by atoms with Gasteiger partial charge in [-0.25, -0.2) is 9.97 Å². The molecule has 1 saturated heterocycles. The van der Waals surface area contributed by atoms with Crippen LogP contribution in [0.15, 0.2) is 48.8 Å². The Labute approximate surface area is 190 Å². The Hall–Kier alpha value is -2.58. The summed E-state index contributed by atoms with van der Waals surface area (Å²) in [4.78, 5) is 16.1. The highest BCUT2D eigenvalue weighted by molar-refractivity contribution is 7.15. The van der Waals surface area contributed by atoms with E-state index in [2.05, 4.69) is 50.2 Å². The van der Waals surface area contributed by atoms with Crippen molar-refractivity contribution in [3.05, 3.63) is 59.4 Å². The predicted octanol–water partition coefficient (Wildman–Crippen LogP) is 4.56. The third-order valence-corrected chi connectivity index (χ3v) is 7.88. The van der Waals surface area contributed by atoms with Crippen molar-refractivity contribution in [1.82, 2.24) is 19.9 Å². The highest BCUT2D eigenvalue weighted by Gasteiger charge is 2.39. The van der Waals surface area contributed by atoms with E-state index in [1.54, 1.807) is 11.3 Å². The van der Waals surface area contributed by atoms with E-state index in [4.69, 9.17) is 4.74 Å². The lowest BCUT2D eigenvalue weighted by Crippen LogP contribution is -2.35. The number of rotatable bonds is 5. The zero-order valence-electron chi connectivity index (χ0n) is 17.9. The minimum atomic E-state index is -0.721. The number of H-pyrrole nitrogens is 1. The number of morpholine rings is 1. The van der Waals surface area contributed by atoms with Crippen LogP contribution in [0.25, 0.3) is 32.7 Å². The number of aromatic amines is 1. The molecule has 0 atom stereocenters. The van der Waals surface area contributed by atoms with Gasteiger partial charge in [-0.05, 0) is 42.5 Å².